The summed E-state index contributed by atoms with van der Waals surface area (Å²) in [6, 6.07) is 16.2. The van der Waals surface area contributed by atoms with Gasteiger partial charge in [-0.25, -0.2) is 17.9 Å². The number of primary sulfonamides is 1. The highest BCUT2D eigenvalue weighted by atomic mass is 32.2. The second kappa shape index (κ2) is 6.43. The Morgan fingerprint density at radius 3 is 2.32 bits per heavy atom. The van der Waals surface area contributed by atoms with Crippen LogP contribution in [0, 0.1) is 17.1 Å². The summed E-state index contributed by atoms with van der Waals surface area (Å²) in [5, 5.41) is 13.9. The third kappa shape index (κ3) is 3.40. The van der Waals surface area contributed by atoms with Crippen LogP contribution in [-0.2, 0) is 10.0 Å². The molecule has 7 heteroatoms. The molecule has 0 fully saturated rings. The van der Waals surface area contributed by atoms with Gasteiger partial charge in [0, 0.05) is 17.3 Å². The van der Waals surface area contributed by atoms with Crippen molar-refractivity contribution >= 4 is 10.0 Å². The molecule has 0 radical (unpaired) electrons. The average molecular weight is 353 g/mol. The predicted octanol–water partition coefficient (Wildman–Crippen LogP) is 3.07. The van der Waals surface area contributed by atoms with Crippen LogP contribution in [0.4, 0.5) is 4.39 Å². The van der Waals surface area contributed by atoms with Gasteiger partial charge in [-0.1, -0.05) is 24.3 Å². The number of halogens is 1. The molecule has 124 valence electrons. The van der Waals surface area contributed by atoms with E-state index >= 15 is 0 Å². The fourth-order valence-electron chi connectivity index (χ4n) is 2.47. The Morgan fingerprint density at radius 1 is 1.04 bits per heavy atom. The van der Waals surface area contributed by atoms with E-state index in [1.54, 1.807) is 36.5 Å². The van der Waals surface area contributed by atoms with Gasteiger partial charge in [0.05, 0.1) is 17.3 Å². The van der Waals surface area contributed by atoms with E-state index in [0.717, 1.165) is 23.3 Å². The number of aromatic nitrogens is 1. The van der Waals surface area contributed by atoms with Gasteiger partial charge in [-0.3, -0.25) is 4.98 Å². The number of pyridine rings is 1. The first-order valence-corrected chi connectivity index (χ1v) is 8.73. The predicted molar refractivity (Wildman–Crippen MR) is 91.2 cm³/mol. The lowest BCUT2D eigenvalue weighted by Gasteiger charge is -2.10. The van der Waals surface area contributed by atoms with Crippen molar-refractivity contribution in [1.29, 1.82) is 5.26 Å². The zero-order valence-electron chi connectivity index (χ0n) is 12.8. The van der Waals surface area contributed by atoms with Crippen LogP contribution in [-0.4, -0.2) is 13.4 Å². The monoisotopic (exact) mass is 353 g/mol. The summed E-state index contributed by atoms with van der Waals surface area (Å²) in [6.07, 6.45) is 1.56. The molecule has 1 aromatic heterocycles. The topological polar surface area (TPSA) is 96.8 Å². The molecule has 0 atom stereocenters. The number of benzene rings is 2. The molecular formula is C18H12FN3O2S. The van der Waals surface area contributed by atoms with Crippen molar-refractivity contribution in [3.05, 3.63) is 72.2 Å². The number of hydrogen-bond donors (Lipinski definition) is 1. The highest BCUT2D eigenvalue weighted by Crippen LogP contribution is 2.31. The van der Waals surface area contributed by atoms with E-state index in [-0.39, 0.29) is 0 Å². The second-order valence-corrected chi connectivity index (χ2v) is 6.81. The van der Waals surface area contributed by atoms with Gasteiger partial charge in [-0.2, -0.15) is 5.26 Å². The third-order valence-electron chi connectivity index (χ3n) is 3.64. The van der Waals surface area contributed by atoms with Crippen LogP contribution < -0.4 is 5.14 Å². The molecule has 0 amide bonds. The lowest BCUT2D eigenvalue weighted by atomic mass is 9.98. The smallest absolute Gasteiger partial charge is 0.240 e. The highest BCUT2D eigenvalue weighted by Gasteiger charge is 2.16. The maximum Gasteiger partial charge on any atom is 0.240 e. The van der Waals surface area contributed by atoms with Gasteiger partial charge < -0.3 is 0 Å². The third-order valence-corrected chi connectivity index (χ3v) is 4.59. The van der Waals surface area contributed by atoms with Gasteiger partial charge in [-0.05, 0) is 35.9 Å². The number of nitrogens with zero attached hydrogens (tertiary/aromatic N) is 2. The first kappa shape index (κ1) is 16.8. The molecule has 1 heterocycles. The molecule has 25 heavy (non-hydrogen) atoms. The number of rotatable bonds is 3. The fourth-order valence-corrected chi connectivity index (χ4v) is 3.06. The lowest BCUT2D eigenvalue weighted by molar-refractivity contribution is 0.568. The normalized spacial score (nSPS) is 11.1. The Bertz CT molecular complexity index is 1090. The van der Waals surface area contributed by atoms with E-state index in [4.69, 9.17) is 10.4 Å². The van der Waals surface area contributed by atoms with Crippen LogP contribution in [0.25, 0.3) is 22.4 Å². The average Bonchev–Trinajstić information content (AvgIpc) is 2.60. The Balaban J connectivity index is 2.13. The largest absolute Gasteiger partial charge is 0.256 e. The van der Waals surface area contributed by atoms with Crippen molar-refractivity contribution < 1.29 is 12.8 Å². The van der Waals surface area contributed by atoms with Crippen LogP contribution in [0.1, 0.15) is 5.56 Å². The minimum Gasteiger partial charge on any atom is -0.256 e. The summed E-state index contributed by atoms with van der Waals surface area (Å²) in [6.45, 7) is 0. The molecule has 0 saturated carbocycles. The molecule has 3 rings (SSSR count). The number of nitriles is 1. The Morgan fingerprint density at radius 2 is 1.72 bits per heavy atom. The maximum atomic E-state index is 14.1. The maximum absolute atomic E-state index is 14.1. The van der Waals surface area contributed by atoms with Crippen LogP contribution in [0.5, 0.6) is 0 Å². The molecule has 0 aliphatic carbocycles. The molecule has 3 aromatic rings. The van der Waals surface area contributed by atoms with Crippen LogP contribution in [0.3, 0.4) is 0 Å². The van der Waals surface area contributed by atoms with Crippen molar-refractivity contribution in [2.45, 2.75) is 4.90 Å². The summed E-state index contributed by atoms with van der Waals surface area (Å²) in [7, 11) is -4.13. The van der Waals surface area contributed by atoms with Crippen molar-refractivity contribution in [3.8, 4) is 28.5 Å². The summed E-state index contributed by atoms with van der Waals surface area (Å²) in [5.74, 6) is -0.934. The SMILES string of the molecule is N#Cc1ccc(-c2cccnc2-c2ccc(S(N)(=O)=O)c(F)c2)cc1. The van der Waals surface area contributed by atoms with E-state index < -0.39 is 20.7 Å². The molecule has 0 spiro atoms. The summed E-state index contributed by atoms with van der Waals surface area (Å²) in [4.78, 5) is 3.73. The van der Waals surface area contributed by atoms with Crippen molar-refractivity contribution in [2.24, 2.45) is 5.14 Å². The van der Waals surface area contributed by atoms with Crippen molar-refractivity contribution in [2.75, 3.05) is 0 Å². The van der Waals surface area contributed by atoms with Gasteiger partial charge in [0.2, 0.25) is 10.0 Å². The minimum absolute atomic E-state index is 0.421. The van der Waals surface area contributed by atoms with Crippen LogP contribution >= 0.6 is 0 Å². The molecular weight excluding hydrogens is 341 g/mol. The van der Waals surface area contributed by atoms with E-state index in [0.29, 0.717) is 16.8 Å². The summed E-state index contributed by atoms with van der Waals surface area (Å²) < 4.78 is 36.8. The lowest BCUT2D eigenvalue weighted by Crippen LogP contribution is -2.14. The van der Waals surface area contributed by atoms with Gasteiger partial charge in [0.15, 0.2) is 0 Å². The van der Waals surface area contributed by atoms with Crippen LogP contribution in [0.2, 0.25) is 0 Å². The zero-order chi connectivity index (χ0) is 18.0. The minimum atomic E-state index is -4.13. The van der Waals surface area contributed by atoms with Gasteiger partial charge in [0.1, 0.15) is 10.7 Å². The molecule has 2 aromatic carbocycles. The van der Waals surface area contributed by atoms with Crippen LogP contribution in [0.15, 0.2) is 65.7 Å². The van der Waals surface area contributed by atoms with Gasteiger partial charge >= 0.3 is 0 Å². The van der Waals surface area contributed by atoms with Crippen molar-refractivity contribution in [3.63, 3.8) is 0 Å². The second-order valence-electron chi connectivity index (χ2n) is 5.28. The van der Waals surface area contributed by atoms with Gasteiger partial charge in [0.25, 0.3) is 0 Å². The standard InChI is InChI=1S/C18H12FN3O2S/c19-16-10-14(7-8-17(16)25(21,23)24)18-15(2-1-9-22-18)13-5-3-12(11-20)4-6-13/h1-10H,(H2,21,23,24). The fraction of sp³-hybridized carbons (Fsp3) is 0. The molecule has 0 unspecified atom stereocenters. The molecule has 5 nitrogen and oxygen atoms in total. The Labute approximate surface area is 144 Å². The zero-order valence-corrected chi connectivity index (χ0v) is 13.7. The van der Waals surface area contributed by atoms with E-state index in [9.17, 15) is 12.8 Å². The quantitative estimate of drug-likeness (QED) is 0.782. The van der Waals surface area contributed by atoms with Gasteiger partial charge in [-0.15, -0.1) is 0 Å². The van der Waals surface area contributed by atoms with Crippen molar-refractivity contribution in [1.82, 2.24) is 4.98 Å². The number of sulfonamides is 1. The molecule has 0 aliphatic rings. The molecule has 0 bridgehead atoms. The van der Waals surface area contributed by atoms with E-state index in [1.807, 2.05) is 12.1 Å². The Hall–Kier alpha value is -3.08. The number of hydrogen-bond acceptors (Lipinski definition) is 4. The number of nitrogens with two attached hydrogens (primary N) is 1. The molecule has 2 N–H and O–H groups in total. The van der Waals surface area contributed by atoms with E-state index in [2.05, 4.69) is 4.98 Å². The summed E-state index contributed by atoms with van der Waals surface area (Å²) >= 11 is 0. The first-order valence-electron chi connectivity index (χ1n) is 7.18. The molecule has 0 aliphatic heterocycles. The highest BCUT2D eigenvalue weighted by molar-refractivity contribution is 7.89. The summed E-state index contributed by atoms with van der Waals surface area (Å²) in [5.41, 5.74) is 2.97. The van der Waals surface area contributed by atoms with E-state index in [1.165, 1.54) is 6.07 Å². The molecule has 0 saturated heterocycles. The first-order chi connectivity index (χ1) is 11.9. The Kier molecular flexibility index (Phi) is 4.31.